The van der Waals surface area contributed by atoms with Gasteiger partial charge in [0, 0.05) is 17.7 Å². The van der Waals surface area contributed by atoms with E-state index in [9.17, 15) is 0 Å². The van der Waals surface area contributed by atoms with Crippen LogP contribution in [0.15, 0.2) is 18.2 Å². The lowest BCUT2D eigenvalue weighted by atomic mass is 10.1. The second-order valence-electron chi connectivity index (χ2n) is 4.64. The Kier molecular flexibility index (Phi) is 3.63. The average Bonchev–Trinajstić information content (AvgIpc) is 3.19. The van der Waals surface area contributed by atoms with Gasteiger partial charge in [0.25, 0.3) is 0 Å². The topological polar surface area (TPSA) is 63.8 Å². The highest BCUT2D eigenvalue weighted by molar-refractivity contribution is 6.49. The first-order chi connectivity index (χ1) is 9.54. The lowest BCUT2D eigenvalue weighted by Gasteiger charge is -2.10. The molecular formula is C13H11Cl3N4. The van der Waals surface area contributed by atoms with Crippen LogP contribution in [-0.2, 0) is 0 Å². The fourth-order valence-electron chi connectivity index (χ4n) is 1.84. The zero-order valence-electron chi connectivity index (χ0n) is 10.3. The molecule has 1 aromatic heterocycles. The maximum Gasteiger partial charge on any atom is 0.222 e. The number of nitrogens with two attached hydrogens (primary N) is 1. The van der Waals surface area contributed by atoms with E-state index in [2.05, 4.69) is 15.3 Å². The van der Waals surface area contributed by atoms with Gasteiger partial charge in [-0.25, -0.2) is 4.98 Å². The van der Waals surface area contributed by atoms with Crippen LogP contribution in [0.1, 0.15) is 12.8 Å². The van der Waals surface area contributed by atoms with Gasteiger partial charge in [-0.2, -0.15) is 4.98 Å². The number of aromatic nitrogens is 2. The molecule has 104 valence electrons. The molecule has 1 aliphatic carbocycles. The normalized spacial score (nSPS) is 14.3. The third-order valence-corrected chi connectivity index (χ3v) is 4.28. The molecule has 0 radical (unpaired) electrons. The predicted octanol–water partition coefficient (Wildman–Crippen LogP) is 4.26. The summed E-state index contributed by atoms with van der Waals surface area (Å²) in [6.45, 7) is 0. The van der Waals surface area contributed by atoms with E-state index in [0.717, 1.165) is 12.8 Å². The molecular weight excluding hydrogens is 319 g/mol. The van der Waals surface area contributed by atoms with Gasteiger partial charge in [-0.05, 0) is 25.0 Å². The molecule has 20 heavy (non-hydrogen) atoms. The van der Waals surface area contributed by atoms with Crippen molar-refractivity contribution in [1.29, 1.82) is 0 Å². The molecule has 7 heteroatoms. The number of nitrogen functional groups attached to an aromatic ring is 1. The van der Waals surface area contributed by atoms with Gasteiger partial charge in [-0.3, -0.25) is 0 Å². The third-order valence-electron chi connectivity index (χ3n) is 2.98. The van der Waals surface area contributed by atoms with Crippen molar-refractivity contribution in [2.45, 2.75) is 18.9 Å². The Labute approximate surface area is 131 Å². The van der Waals surface area contributed by atoms with E-state index < -0.39 is 0 Å². The van der Waals surface area contributed by atoms with Crippen molar-refractivity contribution in [3.8, 4) is 11.3 Å². The molecule has 0 unspecified atom stereocenters. The smallest absolute Gasteiger partial charge is 0.222 e. The van der Waals surface area contributed by atoms with Crippen LogP contribution in [0.2, 0.25) is 15.1 Å². The minimum absolute atomic E-state index is 0.188. The first-order valence-electron chi connectivity index (χ1n) is 6.09. The average molecular weight is 330 g/mol. The molecule has 2 aromatic rings. The lowest BCUT2D eigenvalue weighted by Crippen LogP contribution is -2.06. The van der Waals surface area contributed by atoms with Gasteiger partial charge in [0.05, 0.1) is 20.8 Å². The van der Waals surface area contributed by atoms with E-state index in [0.29, 0.717) is 38.2 Å². The molecule has 0 amide bonds. The summed E-state index contributed by atoms with van der Waals surface area (Å²) in [6, 6.07) is 5.72. The summed E-state index contributed by atoms with van der Waals surface area (Å²) in [5, 5.41) is 4.34. The zero-order chi connectivity index (χ0) is 14.3. The van der Waals surface area contributed by atoms with Crippen molar-refractivity contribution in [1.82, 2.24) is 9.97 Å². The molecule has 4 nitrogen and oxygen atoms in total. The molecule has 0 saturated heterocycles. The zero-order valence-corrected chi connectivity index (χ0v) is 12.6. The van der Waals surface area contributed by atoms with E-state index in [-0.39, 0.29) is 5.95 Å². The van der Waals surface area contributed by atoms with Crippen molar-refractivity contribution in [3.05, 3.63) is 33.3 Å². The number of rotatable bonds is 3. The molecule has 0 spiro atoms. The van der Waals surface area contributed by atoms with E-state index >= 15 is 0 Å². The van der Waals surface area contributed by atoms with Crippen LogP contribution in [0.25, 0.3) is 11.3 Å². The fraction of sp³-hybridized carbons (Fsp3) is 0.231. The summed E-state index contributed by atoms with van der Waals surface area (Å²) in [5.41, 5.74) is 7.04. The number of hydrogen-bond donors (Lipinski definition) is 2. The van der Waals surface area contributed by atoms with Gasteiger partial charge < -0.3 is 11.1 Å². The largest absolute Gasteiger partial charge is 0.368 e. The van der Waals surface area contributed by atoms with Crippen molar-refractivity contribution < 1.29 is 0 Å². The molecule has 0 bridgehead atoms. The predicted molar refractivity (Wildman–Crippen MR) is 83.6 cm³/mol. The Balaban J connectivity index is 2.04. The highest BCUT2D eigenvalue weighted by atomic mass is 35.5. The Bertz CT molecular complexity index is 671. The second-order valence-corrected chi connectivity index (χ2v) is 5.80. The van der Waals surface area contributed by atoms with Gasteiger partial charge in [-0.15, -0.1) is 0 Å². The molecule has 0 atom stereocenters. The van der Waals surface area contributed by atoms with Crippen LogP contribution in [0.5, 0.6) is 0 Å². The number of anilines is 2. The van der Waals surface area contributed by atoms with E-state index in [1.165, 1.54) is 0 Å². The lowest BCUT2D eigenvalue weighted by molar-refractivity contribution is 1.09. The third kappa shape index (κ3) is 2.77. The minimum atomic E-state index is 0.188. The standard InChI is InChI=1S/C13H11Cl3N4/c14-8-4-3-7(11(15)12(8)16)9-5-10(18-6-1-2-6)20-13(17)19-9/h3-6H,1-2H2,(H3,17,18,19,20). The quantitative estimate of drug-likeness (QED) is 0.826. The maximum absolute atomic E-state index is 6.22. The molecule has 1 aliphatic rings. The van der Waals surface area contributed by atoms with Crippen molar-refractivity contribution in [2.75, 3.05) is 11.1 Å². The Hall–Kier alpha value is -1.23. The number of hydrogen-bond acceptors (Lipinski definition) is 4. The van der Waals surface area contributed by atoms with Crippen molar-refractivity contribution in [3.63, 3.8) is 0 Å². The van der Waals surface area contributed by atoms with Crippen LogP contribution in [-0.4, -0.2) is 16.0 Å². The number of nitrogens with one attached hydrogen (secondary N) is 1. The summed E-state index contributed by atoms with van der Waals surface area (Å²) in [5.74, 6) is 0.880. The van der Waals surface area contributed by atoms with Gasteiger partial charge >= 0.3 is 0 Å². The van der Waals surface area contributed by atoms with Gasteiger partial charge in [0.1, 0.15) is 5.82 Å². The van der Waals surface area contributed by atoms with Crippen LogP contribution in [0.3, 0.4) is 0 Å². The fourth-order valence-corrected chi connectivity index (χ4v) is 2.47. The summed E-state index contributed by atoms with van der Waals surface area (Å²) < 4.78 is 0. The molecule has 3 rings (SSSR count). The van der Waals surface area contributed by atoms with Crippen LogP contribution >= 0.6 is 34.8 Å². The number of benzene rings is 1. The van der Waals surface area contributed by atoms with Gasteiger partial charge in [0.15, 0.2) is 0 Å². The van der Waals surface area contributed by atoms with Gasteiger partial charge in [0.2, 0.25) is 5.95 Å². The summed E-state index contributed by atoms with van der Waals surface area (Å²) >= 11 is 18.2. The summed E-state index contributed by atoms with van der Waals surface area (Å²) in [4.78, 5) is 8.37. The SMILES string of the molecule is Nc1nc(NC2CC2)cc(-c2ccc(Cl)c(Cl)c2Cl)n1. The highest BCUT2D eigenvalue weighted by Gasteiger charge is 2.22. The second kappa shape index (κ2) is 5.28. The van der Waals surface area contributed by atoms with Gasteiger partial charge in [-0.1, -0.05) is 34.8 Å². The molecule has 1 aromatic carbocycles. The van der Waals surface area contributed by atoms with Crippen LogP contribution in [0, 0.1) is 0 Å². The maximum atomic E-state index is 6.22. The summed E-state index contributed by atoms with van der Waals surface area (Å²) in [6.07, 6.45) is 2.29. The van der Waals surface area contributed by atoms with Crippen LogP contribution < -0.4 is 11.1 Å². The minimum Gasteiger partial charge on any atom is -0.368 e. The first-order valence-corrected chi connectivity index (χ1v) is 7.23. The Morgan fingerprint density at radius 2 is 1.85 bits per heavy atom. The molecule has 1 fully saturated rings. The molecule has 1 heterocycles. The highest BCUT2D eigenvalue weighted by Crippen LogP contribution is 2.38. The number of nitrogens with zero attached hydrogens (tertiary/aromatic N) is 2. The Morgan fingerprint density at radius 1 is 1.10 bits per heavy atom. The number of halogens is 3. The monoisotopic (exact) mass is 328 g/mol. The van der Waals surface area contributed by atoms with Crippen LogP contribution in [0.4, 0.5) is 11.8 Å². The van der Waals surface area contributed by atoms with E-state index in [4.69, 9.17) is 40.5 Å². The first kappa shape index (κ1) is 13.7. The molecule has 0 aliphatic heterocycles. The van der Waals surface area contributed by atoms with E-state index in [1.807, 2.05) is 0 Å². The van der Waals surface area contributed by atoms with Crippen molar-refractivity contribution in [2.24, 2.45) is 0 Å². The molecule has 3 N–H and O–H groups in total. The van der Waals surface area contributed by atoms with E-state index in [1.54, 1.807) is 18.2 Å². The Morgan fingerprint density at radius 3 is 2.55 bits per heavy atom. The van der Waals surface area contributed by atoms with Crippen molar-refractivity contribution >= 4 is 46.6 Å². The molecule has 1 saturated carbocycles. The summed E-state index contributed by atoms with van der Waals surface area (Å²) in [7, 11) is 0.